The van der Waals surface area contributed by atoms with E-state index in [0.29, 0.717) is 18.3 Å². The Morgan fingerprint density at radius 3 is 2.58 bits per heavy atom. The smallest absolute Gasteiger partial charge is 0.289 e. The van der Waals surface area contributed by atoms with Crippen molar-refractivity contribution in [3.63, 3.8) is 0 Å². The van der Waals surface area contributed by atoms with E-state index in [4.69, 9.17) is 9.15 Å². The first-order valence-corrected chi connectivity index (χ1v) is 8.80. The normalized spacial score (nSPS) is 15.5. The lowest BCUT2D eigenvalue weighted by Crippen LogP contribution is -2.38. The molecule has 0 unspecified atom stereocenters. The molecule has 1 aromatic carbocycles. The molecular weight excluding hydrogens is 302 g/mol. The van der Waals surface area contributed by atoms with E-state index in [-0.39, 0.29) is 5.91 Å². The number of carbonyl (C=O) groups is 1. The molecule has 0 spiro atoms. The average molecular weight is 327 g/mol. The van der Waals surface area contributed by atoms with E-state index < -0.39 is 0 Å². The van der Waals surface area contributed by atoms with Gasteiger partial charge in [0, 0.05) is 13.1 Å². The SMILES string of the molecule is CCOc1ccc(CCC2CCN(C(=O)c3ccco3)CC2)cc1. The highest BCUT2D eigenvalue weighted by Gasteiger charge is 2.24. The number of carbonyl (C=O) groups excluding carboxylic acids is 1. The Kier molecular flexibility index (Phi) is 5.57. The predicted octanol–water partition coefficient (Wildman–Crippen LogP) is 4.16. The molecule has 1 amide bonds. The molecule has 2 heterocycles. The zero-order valence-corrected chi connectivity index (χ0v) is 14.2. The van der Waals surface area contributed by atoms with Gasteiger partial charge in [-0.3, -0.25) is 4.79 Å². The van der Waals surface area contributed by atoms with Gasteiger partial charge in [-0.05, 0) is 68.4 Å². The van der Waals surface area contributed by atoms with Crippen LogP contribution in [0, 0.1) is 5.92 Å². The van der Waals surface area contributed by atoms with Gasteiger partial charge in [-0.25, -0.2) is 0 Å². The summed E-state index contributed by atoms with van der Waals surface area (Å²) in [7, 11) is 0. The molecule has 1 saturated heterocycles. The molecule has 4 heteroatoms. The van der Waals surface area contributed by atoms with Gasteiger partial charge in [-0.1, -0.05) is 12.1 Å². The maximum Gasteiger partial charge on any atom is 0.289 e. The summed E-state index contributed by atoms with van der Waals surface area (Å²) < 4.78 is 10.7. The molecule has 1 aliphatic heterocycles. The van der Waals surface area contributed by atoms with Crippen LogP contribution in [0.25, 0.3) is 0 Å². The second-order valence-electron chi connectivity index (χ2n) is 6.33. The van der Waals surface area contributed by atoms with Gasteiger partial charge < -0.3 is 14.1 Å². The monoisotopic (exact) mass is 327 g/mol. The standard InChI is InChI=1S/C20H25NO3/c1-2-23-18-9-7-16(8-10-18)5-6-17-11-13-21(14-12-17)20(22)19-4-3-15-24-19/h3-4,7-10,15,17H,2,5-6,11-14H2,1H3. The van der Waals surface area contributed by atoms with Gasteiger partial charge in [0.05, 0.1) is 12.9 Å². The van der Waals surface area contributed by atoms with Crippen LogP contribution in [0.5, 0.6) is 5.75 Å². The lowest BCUT2D eigenvalue weighted by Gasteiger charge is -2.31. The summed E-state index contributed by atoms with van der Waals surface area (Å²) in [5.74, 6) is 2.09. The van der Waals surface area contributed by atoms with Crippen LogP contribution in [0.3, 0.4) is 0 Å². The highest BCUT2D eigenvalue weighted by atomic mass is 16.5. The Morgan fingerprint density at radius 1 is 1.21 bits per heavy atom. The third-order valence-electron chi connectivity index (χ3n) is 4.71. The maximum absolute atomic E-state index is 12.3. The van der Waals surface area contributed by atoms with Crippen LogP contribution < -0.4 is 4.74 Å². The molecule has 24 heavy (non-hydrogen) atoms. The van der Waals surface area contributed by atoms with Crippen molar-refractivity contribution in [2.75, 3.05) is 19.7 Å². The number of furan rings is 1. The van der Waals surface area contributed by atoms with Gasteiger partial charge in [0.2, 0.25) is 0 Å². The summed E-state index contributed by atoms with van der Waals surface area (Å²) >= 11 is 0. The molecule has 4 nitrogen and oxygen atoms in total. The Hall–Kier alpha value is -2.23. The summed E-state index contributed by atoms with van der Waals surface area (Å²) in [5.41, 5.74) is 1.35. The molecule has 0 N–H and O–H groups in total. The molecule has 0 aliphatic carbocycles. The van der Waals surface area contributed by atoms with Gasteiger partial charge in [0.1, 0.15) is 5.75 Å². The van der Waals surface area contributed by atoms with Crippen molar-refractivity contribution >= 4 is 5.91 Å². The van der Waals surface area contributed by atoms with E-state index in [1.807, 2.05) is 24.0 Å². The van der Waals surface area contributed by atoms with Gasteiger partial charge >= 0.3 is 0 Å². The summed E-state index contributed by atoms with van der Waals surface area (Å²) in [6.07, 6.45) is 5.96. The van der Waals surface area contributed by atoms with Gasteiger partial charge in [0.25, 0.3) is 5.91 Å². The first-order chi connectivity index (χ1) is 11.8. The predicted molar refractivity (Wildman–Crippen MR) is 93.3 cm³/mol. The minimum atomic E-state index is 0.0185. The largest absolute Gasteiger partial charge is 0.494 e. The van der Waals surface area contributed by atoms with Crippen LogP contribution in [0.15, 0.2) is 47.1 Å². The van der Waals surface area contributed by atoms with Crippen molar-refractivity contribution < 1.29 is 13.9 Å². The van der Waals surface area contributed by atoms with Crippen LogP contribution >= 0.6 is 0 Å². The van der Waals surface area contributed by atoms with Crippen molar-refractivity contribution in [1.29, 1.82) is 0 Å². The average Bonchev–Trinajstić information content (AvgIpc) is 3.16. The molecule has 0 saturated carbocycles. The number of ether oxygens (including phenoxy) is 1. The number of hydrogen-bond acceptors (Lipinski definition) is 3. The summed E-state index contributed by atoms with van der Waals surface area (Å²) in [6.45, 7) is 4.35. The van der Waals surface area contributed by atoms with E-state index in [1.54, 1.807) is 18.4 Å². The number of amides is 1. The van der Waals surface area contributed by atoms with E-state index >= 15 is 0 Å². The third-order valence-corrected chi connectivity index (χ3v) is 4.71. The molecule has 1 fully saturated rings. The zero-order valence-electron chi connectivity index (χ0n) is 14.2. The second-order valence-corrected chi connectivity index (χ2v) is 6.33. The van der Waals surface area contributed by atoms with Crippen LogP contribution in [0.4, 0.5) is 0 Å². The first kappa shape index (κ1) is 16.6. The number of piperidine rings is 1. The highest BCUT2D eigenvalue weighted by molar-refractivity contribution is 5.91. The van der Waals surface area contributed by atoms with Gasteiger partial charge in [-0.2, -0.15) is 0 Å². The topological polar surface area (TPSA) is 42.7 Å². The molecule has 1 aliphatic rings. The van der Waals surface area contributed by atoms with Crippen molar-refractivity contribution in [3.8, 4) is 5.75 Å². The number of benzene rings is 1. The molecule has 0 atom stereocenters. The molecule has 2 aromatic rings. The summed E-state index contributed by atoms with van der Waals surface area (Å²) in [5, 5.41) is 0. The lowest BCUT2D eigenvalue weighted by molar-refractivity contribution is 0.0655. The van der Waals surface area contributed by atoms with Gasteiger partial charge in [-0.15, -0.1) is 0 Å². The maximum atomic E-state index is 12.3. The molecule has 3 rings (SSSR count). The Bertz CT molecular complexity index is 625. The van der Waals surface area contributed by atoms with E-state index in [2.05, 4.69) is 12.1 Å². The van der Waals surface area contributed by atoms with Crippen LogP contribution in [-0.4, -0.2) is 30.5 Å². The number of nitrogens with zero attached hydrogens (tertiary/aromatic N) is 1. The molecular formula is C20H25NO3. The number of aryl methyl sites for hydroxylation is 1. The minimum Gasteiger partial charge on any atom is -0.494 e. The van der Waals surface area contributed by atoms with E-state index in [0.717, 1.165) is 38.1 Å². The quantitative estimate of drug-likeness (QED) is 0.800. The molecule has 128 valence electrons. The first-order valence-electron chi connectivity index (χ1n) is 8.80. The fourth-order valence-corrected chi connectivity index (χ4v) is 3.27. The summed E-state index contributed by atoms with van der Waals surface area (Å²) in [4.78, 5) is 14.2. The van der Waals surface area contributed by atoms with Crippen LogP contribution in [-0.2, 0) is 6.42 Å². The molecule has 0 bridgehead atoms. The Labute approximate surface area is 143 Å². The second kappa shape index (κ2) is 8.04. The number of hydrogen-bond donors (Lipinski definition) is 0. The van der Waals surface area contributed by atoms with Gasteiger partial charge in [0.15, 0.2) is 5.76 Å². The number of rotatable bonds is 6. The Morgan fingerprint density at radius 2 is 1.96 bits per heavy atom. The Balaban J connectivity index is 1.43. The van der Waals surface area contributed by atoms with E-state index in [1.165, 1.54) is 12.0 Å². The van der Waals surface area contributed by atoms with Crippen molar-refractivity contribution in [1.82, 2.24) is 4.90 Å². The van der Waals surface area contributed by atoms with Crippen LogP contribution in [0.2, 0.25) is 0 Å². The summed E-state index contributed by atoms with van der Waals surface area (Å²) in [6, 6.07) is 11.9. The molecule has 0 radical (unpaired) electrons. The fourth-order valence-electron chi connectivity index (χ4n) is 3.27. The number of likely N-dealkylation sites (tertiary alicyclic amines) is 1. The molecule has 1 aromatic heterocycles. The van der Waals surface area contributed by atoms with Crippen molar-refractivity contribution in [2.45, 2.75) is 32.6 Å². The van der Waals surface area contributed by atoms with Crippen molar-refractivity contribution in [2.24, 2.45) is 5.92 Å². The third kappa shape index (κ3) is 4.19. The zero-order chi connectivity index (χ0) is 16.8. The van der Waals surface area contributed by atoms with Crippen molar-refractivity contribution in [3.05, 3.63) is 54.0 Å². The lowest BCUT2D eigenvalue weighted by atomic mass is 9.90. The van der Waals surface area contributed by atoms with E-state index in [9.17, 15) is 4.79 Å². The minimum absolute atomic E-state index is 0.0185. The van der Waals surface area contributed by atoms with Crippen LogP contribution in [0.1, 0.15) is 42.3 Å². The fraction of sp³-hybridized carbons (Fsp3) is 0.450. The highest BCUT2D eigenvalue weighted by Crippen LogP contribution is 2.24.